The Morgan fingerprint density at radius 2 is 1.96 bits per heavy atom. The van der Waals surface area contributed by atoms with Crippen molar-refractivity contribution in [3.05, 3.63) is 40.9 Å². The van der Waals surface area contributed by atoms with Crippen LogP contribution in [0.25, 0.3) is 0 Å². The number of carbonyl (C=O) groups excluding carboxylic acids is 3. The van der Waals surface area contributed by atoms with E-state index in [2.05, 4.69) is 5.32 Å². The fourth-order valence-corrected chi connectivity index (χ4v) is 2.89. The zero-order valence-electron chi connectivity index (χ0n) is 14.1. The summed E-state index contributed by atoms with van der Waals surface area (Å²) in [5, 5.41) is 2.81. The first-order chi connectivity index (χ1) is 11.6. The van der Waals surface area contributed by atoms with E-state index in [4.69, 9.17) is 0 Å². The minimum Gasteiger partial charge on any atom is -0.324 e. The van der Waals surface area contributed by atoms with E-state index in [1.165, 1.54) is 28.8 Å². The molecule has 25 heavy (non-hydrogen) atoms. The van der Waals surface area contributed by atoms with Gasteiger partial charge in [0.05, 0.1) is 10.8 Å². The number of amides is 2. The highest BCUT2D eigenvalue weighted by Crippen LogP contribution is 2.30. The standard InChI is InChI=1S/C17H18F2N2O3S/c1-17(2,3)13(22)7-16-21(15(24)9-25-16)8-14(23)20-10-4-5-11(18)12(19)6-10/h4-7H,8-9H2,1-3H3,(H,20,23)/b16-7-. The van der Waals surface area contributed by atoms with E-state index in [1.807, 2.05) is 0 Å². The van der Waals surface area contributed by atoms with Crippen LogP contribution in [0.1, 0.15) is 20.8 Å². The number of hydrogen-bond acceptors (Lipinski definition) is 4. The molecule has 0 aromatic heterocycles. The lowest BCUT2D eigenvalue weighted by atomic mass is 9.91. The zero-order valence-corrected chi connectivity index (χ0v) is 14.9. The molecule has 0 saturated carbocycles. The smallest absolute Gasteiger partial charge is 0.244 e. The molecule has 0 atom stereocenters. The molecule has 1 fully saturated rings. The van der Waals surface area contributed by atoms with Crippen LogP contribution in [0.15, 0.2) is 29.3 Å². The molecule has 134 valence electrons. The lowest BCUT2D eigenvalue weighted by molar-refractivity contribution is -0.129. The summed E-state index contributed by atoms with van der Waals surface area (Å²) in [4.78, 5) is 37.4. The molecule has 0 aliphatic carbocycles. The van der Waals surface area contributed by atoms with Crippen LogP contribution >= 0.6 is 11.8 Å². The van der Waals surface area contributed by atoms with Crippen LogP contribution in [-0.2, 0) is 14.4 Å². The number of rotatable bonds is 4. The molecule has 0 radical (unpaired) electrons. The molecular formula is C17H18F2N2O3S. The molecule has 0 spiro atoms. The number of allylic oxidation sites excluding steroid dienone is 1. The summed E-state index contributed by atoms with van der Waals surface area (Å²) >= 11 is 1.18. The largest absolute Gasteiger partial charge is 0.324 e. The maximum atomic E-state index is 13.2. The Kier molecular flexibility index (Phi) is 5.62. The van der Waals surface area contributed by atoms with E-state index in [9.17, 15) is 23.2 Å². The maximum absolute atomic E-state index is 13.2. The minimum atomic E-state index is -1.08. The van der Waals surface area contributed by atoms with Gasteiger partial charge in [0.25, 0.3) is 0 Å². The van der Waals surface area contributed by atoms with Crippen molar-refractivity contribution in [2.24, 2.45) is 5.41 Å². The Labute approximate surface area is 148 Å². The van der Waals surface area contributed by atoms with E-state index in [-0.39, 0.29) is 29.7 Å². The number of nitrogens with one attached hydrogen (secondary N) is 1. The summed E-state index contributed by atoms with van der Waals surface area (Å²) < 4.78 is 26.1. The molecular weight excluding hydrogens is 350 g/mol. The molecule has 1 saturated heterocycles. The summed E-state index contributed by atoms with van der Waals surface area (Å²) in [6.07, 6.45) is 1.36. The van der Waals surface area contributed by atoms with Crippen LogP contribution < -0.4 is 5.32 Å². The maximum Gasteiger partial charge on any atom is 0.244 e. The van der Waals surface area contributed by atoms with Crippen LogP contribution in [0.5, 0.6) is 0 Å². The third kappa shape index (κ3) is 4.88. The third-order valence-electron chi connectivity index (χ3n) is 3.41. The van der Waals surface area contributed by atoms with Crippen molar-refractivity contribution in [2.45, 2.75) is 20.8 Å². The highest BCUT2D eigenvalue weighted by molar-refractivity contribution is 8.04. The van der Waals surface area contributed by atoms with Gasteiger partial charge in [0, 0.05) is 23.2 Å². The number of hydrogen-bond donors (Lipinski definition) is 1. The highest BCUT2D eigenvalue weighted by Gasteiger charge is 2.30. The molecule has 0 unspecified atom stereocenters. The van der Waals surface area contributed by atoms with Crippen molar-refractivity contribution in [3.8, 4) is 0 Å². The highest BCUT2D eigenvalue weighted by atomic mass is 32.2. The van der Waals surface area contributed by atoms with Crippen molar-refractivity contribution < 1.29 is 23.2 Å². The minimum absolute atomic E-state index is 0.0829. The first-order valence-corrected chi connectivity index (χ1v) is 8.50. The average molecular weight is 368 g/mol. The molecule has 0 bridgehead atoms. The van der Waals surface area contributed by atoms with Crippen molar-refractivity contribution in [1.82, 2.24) is 4.90 Å². The topological polar surface area (TPSA) is 66.5 Å². The second-order valence-electron chi connectivity index (χ2n) is 6.54. The Morgan fingerprint density at radius 1 is 1.28 bits per heavy atom. The Hall–Kier alpha value is -2.22. The summed E-state index contributed by atoms with van der Waals surface area (Å²) in [6.45, 7) is 4.96. The Morgan fingerprint density at radius 3 is 2.56 bits per heavy atom. The zero-order chi connectivity index (χ0) is 18.8. The molecule has 1 aromatic carbocycles. The van der Waals surface area contributed by atoms with E-state index in [0.29, 0.717) is 5.03 Å². The van der Waals surface area contributed by atoms with Crippen LogP contribution in [0, 0.1) is 17.0 Å². The lowest BCUT2D eigenvalue weighted by Crippen LogP contribution is -2.34. The lowest BCUT2D eigenvalue weighted by Gasteiger charge is -2.19. The molecule has 1 aromatic rings. The molecule has 2 rings (SSSR count). The molecule has 2 amide bonds. The van der Waals surface area contributed by atoms with E-state index in [0.717, 1.165) is 12.1 Å². The van der Waals surface area contributed by atoms with Crippen molar-refractivity contribution in [2.75, 3.05) is 17.6 Å². The quantitative estimate of drug-likeness (QED) is 0.830. The van der Waals surface area contributed by atoms with Gasteiger partial charge in [-0.25, -0.2) is 8.78 Å². The van der Waals surface area contributed by atoms with E-state index < -0.39 is 23.0 Å². The van der Waals surface area contributed by atoms with Gasteiger partial charge in [0.1, 0.15) is 6.54 Å². The number of halogens is 2. The summed E-state index contributed by atoms with van der Waals surface area (Å²) in [6, 6.07) is 2.97. The summed E-state index contributed by atoms with van der Waals surface area (Å²) in [5.74, 6) is -2.98. The molecule has 1 aliphatic rings. The van der Waals surface area contributed by atoms with Gasteiger partial charge in [-0.1, -0.05) is 32.5 Å². The second-order valence-corrected chi connectivity index (χ2v) is 7.54. The molecule has 8 heteroatoms. The van der Waals surface area contributed by atoms with Crippen molar-refractivity contribution >= 4 is 35.0 Å². The van der Waals surface area contributed by atoms with Gasteiger partial charge in [0.2, 0.25) is 11.8 Å². The van der Waals surface area contributed by atoms with Gasteiger partial charge >= 0.3 is 0 Å². The third-order valence-corrected chi connectivity index (χ3v) is 4.43. The summed E-state index contributed by atoms with van der Waals surface area (Å²) in [5.41, 5.74) is -0.516. The predicted octanol–water partition coefficient (Wildman–Crippen LogP) is 2.94. The monoisotopic (exact) mass is 368 g/mol. The van der Waals surface area contributed by atoms with Gasteiger partial charge in [-0.15, -0.1) is 0 Å². The van der Waals surface area contributed by atoms with Gasteiger partial charge in [-0.05, 0) is 12.1 Å². The van der Waals surface area contributed by atoms with Crippen molar-refractivity contribution in [3.63, 3.8) is 0 Å². The van der Waals surface area contributed by atoms with Gasteiger partial charge < -0.3 is 5.32 Å². The number of anilines is 1. The van der Waals surface area contributed by atoms with E-state index >= 15 is 0 Å². The first-order valence-electron chi connectivity index (χ1n) is 7.52. The Balaban J connectivity index is 2.09. The number of benzene rings is 1. The SMILES string of the molecule is CC(C)(C)C(=O)/C=C1\SCC(=O)N1CC(=O)Nc1ccc(F)c(F)c1. The summed E-state index contributed by atoms with van der Waals surface area (Å²) in [7, 11) is 0. The molecule has 1 aliphatic heterocycles. The number of thioether (sulfide) groups is 1. The van der Waals surface area contributed by atoms with Gasteiger partial charge in [0.15, 0.2) is 17.4 Å². The predicted molar refractivity (Wildman–Crippen MR) is 91.7 cm³/mol. The number of ketones is 1. The number of carbonyl (C=O) groups is 3. The fraction of sp³-hybridized carbons (Fsp3) is 0.353. The molecule has 5 nitrogen and oxygen atoms in total. The van der Waals surface area contributed by atoms with E-state index in [1.54, 1.807) is 20.8 Å². The normalized spacial score (nSPS) is 16.4. The van der Waals surface area contributed by atoms with Crippen molar-refractivity contribution in [1.29, 1.82) is 0 Å². The Bertz CT molecular complexity index is 757. The molecule has 1 heterocycles. The van der Waals surface area contributed by atoms with Crippen LogP contribution in [0.3, 0.4) is 0 Å². The number of nitrogens with zero attached hydrogens (tertiary/aromatic N) is 1. The average Bonchev–Trinajstić information content (AvgIpc) is 2.83. The second kappa shape index (κ2) is 7.35. The van der Waals surface area contributed by atoms with Crippen LogP contribution in [0.2, 0.25) is 0 Å². The van der Waals surface area contributed by atoms with Gasteiger partial charge in [-0.3, -0.25) is 19.3 Å². The molecule has 1 N–H and O–H groups in total. The van der Waals surface area contributed by atoms with Crippen LogP contribution in [0.4, 0.5) is 14.5 Å². The fourth-order valence-electron chi connectivity index (χ4n) is 1.95. The first kappa shape index (κ1) is 19.1. The van der Waals surface area contributed by atoms with Crippen LogP contribution in [-0.4, -0.2) is 34.8 Å². The van der Waals surface area contributed by atoms with Gasteiger partial charge in [-0.2, -0.15) is 0 Å².